The van der Waals surface area contributed by atoms with E-state index in [2.05, 4.69) is 31.6 Å². The summed E-state index contributed by atoms with van der Waals surface area (Å²) in [5.41, 5.74) is 1.58. The molecule has 0 fully saturated rings. The number of aromatic nitrogens is 1. The van der Waals surface area contributed by atoms with Gasteiger partial charge in [-0.15, -0.1) is 0 Å². The number of likely N-dealkylation sites (N-methyl/N-ethyl adjacent to an activating group) is 2. The van der Waals surface area contributed by atoms with E-state index in [-0.39, 0.29) is 48.5 Å². The summed E-state index contributed by atoms with van der Waals surface area (Å²) in [6.45, 7) is 20.1. The average molecular weight is 1270 g/mol. The van der Waals surface area contributed by atoms with E-state index in [1.54, 1.807) is 59.8 Å². The molecule has 1 aliphatic heterocycles. The van der Waals surface area contributed by atoms with Gasteiger partial charge in [0.1, 0.15) is 41.0 Å². The van der Waals surface area contributed by atoms with Crippen molar-refractivity contribution in [1.29, 1.82) is 0 Å². The van der Waals surface area contributed by atoms with Gasteiger partial charge < -0.3 is 64.8 Å². The van der Waals surface area contributed by atoms with Crippen LogP contribution in [0.3, 0.4) is 0 Å². The van der Waals surface area contributed by atoms with Crippen LogP contribution in [0.15, 0.2) is 77.0 Å². The molecule has 8 atom stereocenters. The van der Waals surface area contributed by atoms with Crippen molar-refractivity contribution < 1.29 is 71.6 Å². The molecule has 0 bridgehead atoms. The molecule has 0 saturated heterocycles. The quantitative estimate of drug-likeness (QED) is 0.0275. The number of nitrogens with zero attached hydrogens (tertiary/aromatic N) is 3. The summed E-state index contributed by atoms with van der Waals surface area (Å²) in [6, 6.07) is 7.33. The lowest BCUT2D eigenvalue weighted by atomic mass is 9.93. The molecule has 490 valence electrons. The number of allylic oxidation sites excluding steroid dienone is 2. The van der Waals surface area contributed by atoms with Crippen LogP contribution in [0.1, 0.15) is 120 Å². The number of carbonyl (C=O) groups is 9. The molecule has 0 spiro atoms. The van der Waals surface area contributed by atoms with Crippen molar-refractivity contribution in [3.8, 4) is 5.75 Å². The highest BCUT2D eigenvalue weighted by molar-refractivity contribution is 8.76. The summed E-state index contributed by atoms with van der Waals surface area (Å²) in [4.78, 5) is 129. The Kier molecular flexibility index (Phi) is 35.8. The Morgan fingerprint density at radius 2 is 1.45 bits per heavy atom. The van der Waals surface area contributed by atoms with Crippen LogP contribution in [0.4, 0.5) is 4.79 Å². The van der Waals surface area contributed by atoms with E-state index in [0.29, 0.717) is 96.0 Å². The van der Waals surface area contributed by atoms with Crippen molar-refractivity contribution in [2.75, 3.05) is 79.1 Å². The van der Waals surface area contributed by atoms with Gasteiger partial charge >= 0.3 is 18.0 Å². The number of amides is 7. The number of carbonyl (C=O) groups excluding carboxylic acids is 9. The highest BCUT2D eigenvalue weighted by Gasteiger charge is 2.36. The normalized spacial score (nSPS) is 22.1. The summed E-state index contributed by atoms with van der Waals surface area (Å²) in [6.07, 6.45) is 5.68. The van der Waals surface area contributed by atoms with Crippen molar-refractivity contribution in [2.24, 2.45) is 17.8 Å². The second kappa shape index (κ2) is 41.6. The van der Waals surface area contributed by atoms with E-state index in [1.807, 2.05) is 65.8 Å². The van der Waals surface area contributed by atoms with Crippen LogP contribution in [0.5, 0.6) is 5.75 Å². The van der Waals surface area contributed by atoms with E-state index in [4.69, 9.17) is 28.4 Å². The third kappa shape index (κ3) is 28.7. The predicted octanol–water partition coefficient (Wildman–Crippen LogP) is 6.53. The minimum absolute atomic E-state index is 0.00271. The molecule has 7 amide bonds. The number of benzene rings is 1. The Balaban J connectivity index is 1.61. The largest absolute Gasteiger partial charge is 0.456 e. The maximum atomic E-state index is 14.6. The highest BCUT2D eigenvalue weighted by Crippen LogP contribution is 2.29. The van der Waals surface area contributed by atoms with Crippen molar-refractivity contribution in [3.63, 3.8) is 0 Å². The molecule has 1 aromatic carbocycles. The minimum atomic E-state index is -1.26. The van der Waals surface area contributed by atoms with Gasteiger partial charge in [-0.05, 0) is 131 Å². The summed E-state index contributed by atoms with van der Waals surface area (Å²) in [5.74, 6) is -4.59. The van der Waals surface area contributed by atoms with Gasteiger partial charge in [-0.25, -0.2) is 19.4 Å². The van der Waals surface area contributed by atoms with E-state index >= 15 is 0 Å². The first kappa shape index (κ1) is 75.7. The van der Waals surface area contributed by atoms with E-state index in [1.165, 1.54) is 45.0 Å². The SMILES string of the molecule is C/C=C(\C)[C@H]1OC(=O)[C@@H](C)NC(=O)[C@H](C(C)CC)NC(=O)CN(C)C(=O)[C@@H](Cc2ccc(OC(=O)NCCCOCCOCCOCCCNC(=O)CCSSc3ccccn3)cc2)N(C)C(=O)[C@H](C)NC(=O)[C@@H](CC(C)C)OC(=O)/C(C)=C/CC[C@@H]1C. The fraction of sp³-hybridized carbons (Fsp3) is 0.619. The maximum absolute atomic E-state index is 14.6. The lowest BCUT2D eigenvalue weighted by Gasteiger charge is -2.33. The lowest BCUT2D eigenvalue weighted by molar-refractivity contribution is -0.154. The van der Waals surface area contributed by atoms with Gasteiger partial charge in [0.2, 0.25) is 29.5 Å². The smallest absolute Gasteiger partial charge is 0.412 e. The minimum Gasteiger partial charge on any atom is -0.456 e. The Morgan fingerprint density at radius 1 is 0.818 bits per heavy atom. The summed E-state index contributed by atoms with van der Waals surface area (Å²) < 4.78 is 34.0. The van der Waals surface area contributed by atoms with E-state index in [9.17, 15) is 43.2 Å². The summed E-state index contributed by atoms with van der Waals surface area (Å²) in [5, 5.41) is 14.6. The van der Waals surface area contributed by atoms with Gasteiger partial charge in [-0.3, -0.25) is 28.8 Å². The third-order valence-corrected chi connectivity index (χ3v) is 16.7. The van der Waals surface area contributed by atoms with Crippen molar-refractivity contribution in [3.05, 3.63) is 77.5 Å². The molecular formula is C63H96N8O15S2. The van der Waals surface area contributed by atoms with Crippen LogP contribution in [-0.4, -0.2) is 184 Å². The molecule has 0 saturated carbocycles. The van der Waals surface area contributed by atoms with Crippen LogP contribution in [-0.2, 0) is 68.5 Å². The highest BCUT2D eigenvalue weighted by atomic mass is 33.1. The molecule has 88 heavy (non-hydrogen) atoms. The zero-order chi connectivity index (χ0) is 65.1. The van der Waals surface area contributed by atoms with Gasteiger partial charge in [-0.1, -0.05) is 82.2 Å². The molecule has 23 nitrogen and oxygen atoms in total. The molecule has 1 unspecified atom stereocenters. The first-order chi connectivity index (χ1) is 41.9. The van der Waals surface area contributed by atoms with Crippen LogP contribution in [0.25, 0.3) is 0 Å². The Hall–Kier alpha value is -6.54. The molecule has 1 aromatic heterocycles. The van der Waals surface area contributed by atoms with Gasteiger partial charge in [0, 0.05) is 70.8 Å². The van der Waals surface area contributed by atoms with Gasteiger partial charge in [0.15, 0.2) is 6.10 Å². The molecule has 2 heterocycles. The number of nitrogens with one attached hydrogen (secondary N) is 5. The number of esters is 2. The molecule has 0 radical (unpaired) electrons. The maximum Gasteiger partial charge on any atom is 0.412 e. The summed E-state index contributed by atoms with van der Waals surface area (Å²) >= 11 is 0. The third-order valence-electron chi connectivity index (χ3n) is 14.4. The first-order valence-electron chi connectivity index (χ1n) is 30.3. The number of rotatable bonds is 27. The Morgan fingerprint density at radius 3 is 2.07 bits per heavy atom. The number of hydrogen-bond acceptors (Lipinski definition) is 18. The van der Waals surface area contributed by atoms with Crippen molar-refractivity contribution >= 4 is 75.1 Å². The first-order valence-corrected chi connectivity index (χ1v) is 32.7. The number of cyclic esters (lactones) is 2. The van der Waals surface area contributed by atoms with Gasteiger partial charge in [0.05, 0.1) is 33.0 Å². The van der Waals surface area contributed by atoms with Crippen LogP contribution < -0.4 is 31.3 Å². The van der Waals surface area contributed by atoms with Crippen LogP contribution >= 0.6 is 21.6 Å². The predicted molar refractivity (Wildman–Crippen MR) is 338 cm³/mol. The fourth-order valence-corrected chi connectivity index (χ4v) is 10.7. The molecular weight excluding hydrogens is 1170 g/mol. The second-order valence-electron chi connectivity index (χ2n) is 22.3. The van der Waals surface area contributed by atoms with Crippen LogP contribution in [0.2, 0.25) is 0 Å². The average Bonchev–Trinajstić information content (AvgIpc) is 3.70. The van der Waals surface area contributed by atoms with Gasteiger partial charge in [-0.2, -0.15) is 0 Å². The van der Waals surface area contributed by atoms with Crippen molar-refractivity contribution in [2.45, 2.75) is 162 Å². The molecule has 0 aliphatic carbocycles. The molecule has 1 aliphatic rings. The van der Waals surface area contributed by atoms with Gasteiger partial charge in [0.25, 0.3) is 5.91 Å². The number of pyridine rings is 1. The number of hydrogen-bond donors (Lipinski definition) is 5. The molecule has 2 aromatic rings. The fourth-order valence-electron chi connectivity index (χ4n) is 8.84. The summed E-state index contributed by atoms with van der Waals surface area (Å²) in [7, 11) is 5.92. The molecule has 5 N–H and O–H groups in total. The van der Waals surface area contributed by atoms with Crippen molar-refractivity contribution in [1.82, 2.24) is 41.4 Å². The second-order valence-corrected chi connectivity index (χ2v) is 24.7. The molecule has 25 heteroatoms. The van der Waals surface area contributed by atoms with E-state index < -0.39 is 96.4 Å². The molecule has 3 rings (SSSR count). The Bertz CT molecular complexity index is 2590. The van der Waals surface area contributed by atoms with Crippen LogP contribution in [0, 0.1) is 17.8 Å². The topological polar surface area (TPSA) is 289 Å². The standard InChI is InChI=1S/C63H96N8O15S2/c1-13-42(5)55-58(75)68-47(10)62(79)86-56(43(6)14-2)44(7)20-17-21-45(8)61(78)85-51(38-41(3)4)57(74)67-46(9)59(76)71(12)50(60(77)70(11)40-53(73)69-55)39-48-23-25-49(26-24-48)84-63(80)66-30-19-32-82-34-36-83-35-33-81-31-18-29-64-52(72)27-37-87-88-54-22-15-16-28-65-54/h14-16,21-26,28,41-42,44,46-47,50-51,55-56H,13,17-20,27,29-40H2,1-12H3,(H,64,72)(H,66,80)(H,67,74)(H,68,75)(H,69,73)/b43-14+,45-21+/t42?,44-,46-,47+,50+,51+,55-,56+/m0/s1. The number of ether oxygens (including phenoxy) is 6. The monoisotopic (exact) mass is 1270 g/mol. The zero-order valence-corrected chi connectivity index (χ0v) is 55.1. The zero-order valence-electron chi connectivity index (χ0n) is 53.5. The Labute approximate surface area is 527 Å². The lowest BCUT2D eigenvalue weighted by Crippen LogP contribution is -2.57. The van der Waals surface area contributed by atoms with E-state index in [0.717, 1.165) is 15.5 Å².